The normalized spacial score (nSPS) is 18.8. The lowest BCUT2D eigenvalue weighted by Crippen LogP contribution is -2.42. The smallest absolute Gasteiger partial charge is 0.191 e. The van der Waals surface area contributed by atoms with Gasteiger partial charge in [-0.15, -0.1) is 0 Å². The Hall–Kier alpha value is -0.810. The maximum Gasteiger partial charge on any atom is 0.191 e. The van der Waals surface area contributed by atoms with Gasteiger partial charge in [0.05, 0.1) is 0 Å². The molecule has 0 aromatic rings. The molecular formula is C20H43N5. The van der Waals surface area contributed by atoms with E-state index in [0.29, 0.717) is 6.04 Å². The topological polar surface area (TPSA) is 42.9 Å². The number of unbranched alkanes of at least 4 members (excludes halogenated alkanes) is 3. The van der Waals surface area contributed by atoms with Gasteiger partial charge >= 0.3 is 0 Å². The fraction of sp³-hybridized carbons (Fsp3) is 0.950. The average molecular weight is 354 g/mol. The molecule has 5 nitrogen and oxygen atoms in total. The maximum atomic E-state index is 4.78. The van der Waals surface area contributed by atoms with E-state index in [0.717, 1.165) is 25.5 Å². The second kappa shape index (κ2) is 14.4. The Morgan fingerprint density at radius 2 is 1.88 bits per heavy atom. The Labute approximate surface area is 156 Å². The summed E-state index contributed by atoms with van der Waals surface area (Å²) >= 11 is 0. The van der Waals surface area contributed by atoms with Crippen molar-refractivity contribution in [1.29, 1.82) is 0 Å². The van der Waals surface area contributed by atoms with E-state index in [4.69, 9.17) is 4.99 Å². The minimum absolute atomic E-state index is 0.496. The molecule has 5 heteroatoms. The number of rotatable bonds is 11. The van der Waals surface area contributed by atoms with Crippen LogP contribution in [0.25, 0.3) is 0 Å². The van der Waals surface area contributed by atoms with Crippen molar-refractivity contribution in [1.82, 2.24) is 20.4 Å². The van der Waals surface area contributed by atoms with Crippen LogP contribution >= 0.6 is 0 Å². The summed E-state index contributed by atoms with van der Waals surface area (Å²) in [4.78, 5) is 9.81. The monoisotopic (exact) mass is 353 g/mol. The maximum absolute atomic E-state index is 4.78. The van der Waals surface area contributed by atoms with E-state index in [1.54, 1.807) is 0 Å². The molecule has 0 spiro atoms. The Kier molecular flexibility index (Phi) is 12.8. The standard InChI is InChI=1S/C20H43N5/c1-5-7-8-9-12-19(3)23-20(21-6-2)22-13-10-15-25-16-11-14-24(4)17-18-25/h19H,5-18H2,1-4H3,(H2,21,22,23). The first-order valence-corrected chi connectivity index (χ1v) is 10.6. The third-order valence-corrected chi connectivity index (χ3v) is 4.93. The van der Waals surface area contributed by atoms with Crippen molar-refractivity contribution in [2.45, 2.75) is 71.8 Å². The number of guanidine groups is 1. The predicted molar refractivity (Wildman–Crippen MR) is 111 cm³/mol. The first kappa shape index (κ1) is 22.2. The Bertz CT molecular complexity index is 345. The molecule has 1 heterocycles. The lowest BCUT2D eigenvalue weighted by atomic mass is 10.1. The summed E-state index contributed by atoms with van der Waals surface area (Å²) in [5, 5.41) is 6.96. The summed E-state index contributed by atoms with van der Waals surface area (Å²) in [7, 11) is 2.23. The quantitative estimate of drug-likeness (QED) is 0.340. The summed E-state index contributed by atoms with van der Waals surface area (Å²) in [5.41, 5.74) is 0. The van der Waals surface area contributed by atoms with E-state index < -0.39 is 0 Å². The van der Waals surface area contributed by atoms with Crippen LogP contribution in [-0.2, 0) is 0 Å². The first-order valence-electron chi connectivity index (χ1n) is 10.6. The largest absolute Gasteiger partial charge is 0.357 e. The summed E-state index contributed by atoms with van der Waals surface area (Å²) in [6.07, 6.45) is 8.98. The molecule has 1 fully saturated rings. The van der Waals surface area contributed by atoms with Crippen LogP contribution in [0.1, 0.15) is 65.7 Å². The van der Waals surface area contributed by atoms with Crippen molar-refractivity contribution in [2.24, 2.45) is 4.99 Å². The van der Waals surface area contributed by atoms with Gasteiger partial charge < -0.3 is 20.4 Å². The number of nitrogens with one attached hydrogen (secondary N) is 2. The van der Waals surface area contributed by atoms with Crippen molar-refractivity contribution in [3.63, 3.8) is 0 Å². The molecule has 25 heavy (non-hydrogen) atoms. The van der Waals surface area contributed by atoms with Crippen LogP contribution < -0.4 is 10.6 Å². The summed E-state index contributed by atoms with van der Waals surface area (Å²) < 4.78 is 0. The fourth-order valence-electron chi connectivity index (χ4n) is 3.31. The number of hydrogen-bond acceptors (Lipinski definition) is 3. The Balaban J connectivity index is 2.24. The van der Waals surface area contributed by atoms with Crippen molar-refractivity contribution in [2.75, 3.05) is 52.9 Å². The molecule has 1 atom stereocenters. The number of hydrogen-bond donors (Lipinski definition) is 2. The molecule has 0 radical (unpaired) electrons. The molecule has 0 saturated carbocycles. The summed E-state index contributed by atoms with van der Waals surface area (Å²) in [6, 6.07) is 0.496. The molecule has 1 rings (SSSR count). The molecule has 0 amide bonds. The Morgan fingerprint density at radius 1 is 1.04 bits per heavy atom. The lowest BCUT2D eigenvalue weighted by Gasteiger charge is -2.20. The molecule has 0 bridgehead atoms. The molecular weight excluding hydrogens is 310 g/mol. The van der Waals surface area contributed by atoms with E-state index in [1.165, 1.54) is 71.2 Å². The van der Waals surface area contributed by atoms with Gasteiger partial charge in [-0.2, -0.15) is 0 Å². The van der Waals surface area contributed by atoms with E-state index in [9.17, 15) is 0 Å². The second-order valence-corrected chi connectivity index (χ2v) is 7.51. The average Bonchev–Trinajstić information content (AvgIpc) is 2.80. The van der Waals surface area contributed by atoms with Gasteiger partial charge in [0.2, 0.25) is 0 Å². The zero-order chi connectivity index (χ0) is 18.3. The van der Waals surface area contributed by atoms with Crippen LogP contribution in [0.2, 0.25) is 0 Å². The number of aliphatic imine (C=N–C) groups is 1. The summed E-state index contributed by atoms with van der Waals surface area (Å²) in [6.45, 7) is 14.5. The minimum Gasteiger partial charge on any atom is -0.357 e. The van der Waals surface area contributed by atoms with Crippen molar-refractivity contribution in [3.8, 4) is 0 Å². The molecule has 2 N–H and O–H groups in total. The van der Waals surface area contributed by atoms with Crippen LogP contribution in [0.5, 0.6) is 0 Å². The number of nitrogens with zero attached hydrogens (tertiary/aromatic N) is 3. The van der Waals surface area contributed by atoms with Crippen LogP contribution in [0.4, 0.5) is 0 Å². The fourth-order valence-corrected chi connectivity index (χ4v) is 3.31. The highest BCUT2D eigenvalue weighted by molar-refractivity contribution is 5.79. The SMILES string of the molecule is CCCCCCC(C)NC(=NCCCN1CCCN(C)CC1)NCC. The lowest BCUT2D eigenvalue weighted by molar-refractivity contribution is 0.275. The van der Waals surface area contributed by atoms with Gasteiger partial charge in [0.25, 0.3) is 0 Å². The highest BCUT2D eigenvalue weighted by atomic mass is 15.2. The molecule has 0 aromatic carbocycles. The van der Waals surface area contributed by atoms with Gasteiger partial charge in [0, 0.05) is 32.2 Å². The van der Waals surface area contributed by atoms with E-state index >= 15 is 0 Å². The molecule has 1 aliphatic heterocycles. The second-order valence-electron chi connectivity index (χ2n) is 7.51. The first-order chi connectivity index (χ1) is 12.2. The van der Waals surface area contributed by atoms with Gasteiger partial charge in [-0.3, -0.25) is 4.99 Å². The van der Waals surface area contributed by atoms with Gasteiger partial charge in [-0.25, -0.2) is 0 Å². The molecule has 1 saturated heterocycles. The van der Waals surface area contributed by atoms with Gasteiger partial charge in [-0.05, 0) is 59.8 Å². The minimum atomic E-state index is 0.496. The van der Waals surface area contributed by atoms with Gasteiger partial charge in [0.15, 0.2) is 5.96 Å². The highest BCUT2D eigenvalue weighted by Crippen LogP contribution is 2.05. The van der Waals surface area contributed by atoms with E-state index in [2.05, 4.69) is 48.3 Å². The van der Waals surface area contributed by atoms with Crippen molar-refractivity contribution >= 4 is 5.96 Å². The van der Waals surface area contributed by atoms with Crippen LogP contribution in [-0.4, -0.2) is 74.7 Å². The van der Waals surface area contributed by atoms with E-state index in [1.807, 2.05) is 0 Å². The molecule has 0 aliphatic carbocycles. The van der Waals surface area contributed by atoms with Gasteiger partial charge in [-0.1, -0.05) is 32.6 Å². The van der Waals surface area contributed by atoms with Gasteiger partial charge in [0.1, 0.15) is 0 Å². The number of likely N-dealkylation sites (N-methyl/N-ethyl adjacent to an activating group) is 1. The zero-order valence-corrected chi connectivity index (χ0v) is 17.3. The van der Waals surface area contributed by atoms with Crippen LogP contribution in [0, 0.1) is 0 Å². The predicted octanol–water partition coefficient (Wildman–Crippen LogP) is 2.93. The van der Waals surface area contributed by atoms with Crippen molar-refractivity contribution < 1.29 is 0 Å². The molecule has 1 unspecified atom stereocenters. The molecule has 0 aromatic heterocycles. The van der Waals surface area contributed by atoms with Crippen LogP contribution in [0.3, 0.4) is 0 Å². The zero-order valence-electron chi connectivity index (χ0n) is 17.3. The van der Waals surface area contributed by atoms with Crippen molar-refractivity contribution in [3.05, 3.63) is 0 Å². The van der Waals surface area contributed by atoms with Crippen LogP contribution in [0.15, 0.2) is 4.99 Å². The third kappa shape index (κ3) is 11.4. The third-order valence-electron chi connectivity index (χ3n) is 4.93. The van der Waals surface area contributed by atoms with E-state index in [-0.39, 0.29) is 0 Å². The molecule has 1 aliphatic rings. The summed E-state index contributed by atoms with van der Waals surface area (Å²) in [5.74, 6) is 0.987. The Morgan fingerprint density at radius 3 is 2.64 bits per heavy atom. The highest BCUT2D eigenvalue weighted by Gasteiger charge is 2.11. The molecule has 148 valence electrons.